The van der Waals surface area contributed by atoms with Crippen molar-refractivity contribution in [3.63, 3.8) is 0 Å². The largest absolute Gasteiger partial charge is 0.505 e. The van der Waals surface area contributed by atoms with Crippen LogP contribution in [0, 0.1) is 6.92 Å². The zero-order chi connectivity index (χ0) is 13.6. The molecule has 3 rings (SSSR count). The van der Waals surface area contributed by atoms with Crippen molar-refractivity contribution in [2.45, 2.75) is 32.6 Å². The van der Waals surface area contributed by atoms with E-state index in [0.717, 1.165) is 47.2 Å². The molecular weight excluding hydrogens is 262 g/mol. The maximum atomic E-state index is 11.7. The zero-order valence-electron chi connectivity index (χ0n) is 10.9. The summed E-state index contributed by atoms with van der Waals surface area (Å²) in [5.74, 6) is -0.458. The summed E-state index contributed by atoms with van der Waals surface area (Å²) in [5.41, 5.74) is 3.42. The number of hydrogen-bond acceptors (Lipinski definition) is 5. The third-order valence-corrected chi connectivity index (χ3v) is 4.76. The molecule has 0 unspecified atom stereocenters. The smallest absolute Gasteiger partial charge is 0.351 e. The molecule has 0 atom stereocenters. The van der Waals surface area contributed by atoms with Gasteiger partial charge in [0.05, 0.1) is 12.5 Å². The van der Waals surface area contributed by atoms with Crippen LogP contribution < -0.4 is 0 Å². The second kappa shape index (κ2) is 4.49. The average Bonchev–Trinajstić information content (AvgIpc) is 2.75. The van der Waals surface area contributed by atoms with E-state index >= 15 is 0 Å². The first kappa shape index (κ1) is 12.4. The van der Waals surface area contributed by atoms with E-state index in [0.29, 0.717) is 0 Å². The molecule has 5 heteroatoms. The van der Waals surface area contributed by atoms with Gasteiger partial charge in [-0.3, -0.25) is 0 Å². The maximum Gasteiger partial charge on any atom is 0.351 e. The van der Waals surface area contributed by atoms with E-state index in [9.17, 15) is 9.90 Å². The van der Waals surface area contributed by atoms with Gasteiger partial charge >= 0.3 is 5.97 Å². The normalized spacial score (nSPS) is 14.4. The summed E-state index contributed by atoms with van der Waals surface area (Å²) >= 11 is 1.21. The number of aryl methyl sites for hydroxylation is 2. The lowest BCUT2D eigenvalue weighted by atomic mass is 9.89. The number of fused-ring (bicyclic) bond motifs is 3. The van der Waals surface area contributed by atoms with Crippen LogP contribution >= 0.6 is 11.3 Å². The highest BCUT2D eigenvalue weighted by molar-refractivity contribution is 7.20. The van der Waals surface area contributed by atoms with E-state index in [1.165, 1.54) is 24.0 Å². The summed E-state index contributed by atoms with van der Waals surface area (Å²) in [6.45, 7) is 2.00. The highest BCUT2D eigenvalue weighted by Gasteiger charge is 2.25. The molecule has 1 N–H and O–H groups in total. The van der Waals surface area contributed by atoms with Gasteiger partial charge in [-0.15, -0.1) is 11.3 Å². The SMILES string of the molecule is COC(=O)c1sc2nc(C)c3c(c2c1O)CCCC3. The standard InChI is InChI=1S/C14H15NO3S/c1-7-8-5-3-4-6-9(8)10-11(16)12(14(17)18-2)19-13(10)15-7/h16H,3-6H2,1-2H3. The summed E-state index contributed by atoms with van der Waals surface area (Å²) in [6.07, 6.45) is 4.23. The van der Waals surface area contributed by atoms with Gasteiger partial charge in [-0.1, -0.05) is 0 Å². The Balaban J connectivity index is 2.33. The molecule has 1 aliphatic rings. The van der Waals surface area contributed by atoms with E-state index in [1.54, 1.807) is 0 Å². The van der Waals surface area contributed by atoms with Crippen LogP contribution in [0.2, 0.25) is 0 Å². The van der Waals surface area contributed by atoms with Crippen LogP contribution in [0.5, 0.6) is 5.75 Å². The van der Waals surface area contributed by atoms with Gasteiger partial charge in [0.2, 0.25) is 0 Å². The van der Waals surface area contributed by atoms with Crippen LogP contribution in [0.4, 0.5) is 0 Å². The lowest BCUT2D eigenvalue weighted by molar-refractivity contribution is 0.0603. The van der Waals surface area contributed by atoms with Gasteiger partial charge in [0.1, 0.15) is 4.83 Å². The fourth-order valence-corrected chi connectivity index (χ4v) is 3.86. The first-order valence-electron chi connectivity index (χ1n) is 6.35. The Morgan fingerprint density at radius 2 is 2.00 bits per heavy atom. The number of rotatable bonds is 1. The quantitative estimate of drug-likeness (QED) is 0.814. The molecule has 0 radical (unpaired) electrons. The Morgan fingerprint density at radius 1 is 1.32 bits per heavy atom. The monoisotopic (exact) mass is 277 g/mol. The molecule has 100 valence electrons. The van der Waals surface area contributed by atoms with Crippen molar-refractivity contribution >= 4 is 27.5 Å². The van der Waals surface area contributed by atoms with Gasteiger partial charge in [0.25, 0.3) is 0 Å². The molecule has 2 heterocycles. The number of thiophene rings is 1. The van der Waals surface area contributed by atoms with Crippen LogP contribution in [0.25, 0.3) is 10.2 Å². The molecule has 0 fully saturated rings. The number of esters is 1. The van der Waals surface area contributed by atoms with Gasteiger partial charge in [-0.25, -0.2) is 9.78 Å². The molecule has 0 aliphatic heterocycles. The molecule has 0 saturated carbocycles. The highest BCUT2D eigenvalue weighted by atomic mass is 32.1. The van der Waals surface area contributed by atoms with Crippen molar-refractivity contribution in [2.24, 2.45) is 0 Å². The molecule has 2 aromatic heterocycles. The van der Waals surface area contributed by atoms with E-state index in [4.69, 9.17) is 4.74 Å². The van der Waals surface area contributed by atoms with Crippen LogP contribution in [0.15, 0.2) is 0 Å². The number of methoxy groups -OCH3 is 1. The second-order valence-corrected chi connectivity index (χ2v) is 5.81. The highest BCUT2D eigenvalue weighted by Crippen LogP contribution is 2.42. The Kier molecular flexibility index (Phi) is 2.93. The molecule has 2 aromatic rings. The lowest BCUT2D eigenvalue weighted by Gasteiger charge is -2.18. The Bertz CT molecular complexity index is 675. The number of pyridine rings is 1. The minimum absolute atomic E-state index is 0.0394. The lowest BCUT2D eigenvalue weighted by Crippen LogP contribution is -2.06. The predicted octanol–water partition coefficient (Wildman–Crippen LogP) is 2.98. The fraction of sp³-hybridized carbons (Fsp3) is 0.429. The third kappa shape index (κ3) is 1.80. The number of ether oxygens (including phenoxy) is 1. The van der Waals surface area contributed by atoms with Crippen molar-refractivity contribution in [3.05, 3.63) is 21.7 Å². The number of carbonyl (C=O) groups excluding carboxylic acids is 1. The van der Waals surface area contributed by atoms with Gasteiger partial charge in [0.15, 0.2) is 10.6 Å². The molecule has 0 spiro atoms. The minimum atomic E-state index is -0.497. The number of aromatic hydroxyl groups is 1. The molecule has 0 amide bonds. The van der Waals surface area contributed by atoms with Gasteiger partial charge in [-0.05, 0) is 43.7 Å². The summed E-state index contributed by atoms with van der Waals surface area (Å²) < 4.78 is 4.70. The van der Waals surface area contributed by atoms with Crippen molar-refractivity contribution < 1.29 is 14.6 Å². The van der Waals surface area contributed by atoms with E-state index in [2.05, 4.69) is 4.98 Å². The van der Waals surface area contributed by atoms with Crippen LogP contribution in [-0.4, -0.2) is 23.2 Å². The van der Waals surface area contributed by atoms with E-state index in [-0.39, 0.29) is 10.6 Å². The number of aromatic nitrogens is 1. The van der Waals surface area contributed by atoms with Gasteiger partial charge in [0, 0.05) is 5.69 Å². The Hall–Kier alpha value is -1.62. The van der Waals surface area contributed by atoms with E-state index < -0.39 is 5.97 Å². The van der Waals surface area contributed by atoms with Crippen LogP contribution in [-0.2, 0) is 17.6 Å². The van der Waals surface area contributed by atoms with Crippen molar-refractivity contribution in [1.29, 1.82) is 0 Å². The molecule has 0 bridgehead atoms. The van der Waals surface area contributed by atoms with Gasteiger partial charge in [-0.2, -0.15) is 0 Å². The summed E-state index contributed by atoms with van der Waals surface area (Å²) in [4.78, 5) is 17.2. The number of hydrogen-bond donors (Lipinski definition) is 1. The summed E-state index contributed by atoms with van der Waals surface area (Å²) in [5, 5.41) is 11.1. The molecule has 4 nitrogen and oxygen atoms in total. The predicted molar refractivity (Wildman–Crippen MR) is 74.0 cm³/mol. The second-order valence-electron chi connectivity index (χ2n) is 4.81. The summed E-state index contributed by atoms with van der Waals surface area (Å²) in [7, 11) is 1.32. The average molecular weight is 277 g/mol. The zero-order valence-corrected chi connectivity index (χ0v) is 11.8. The van der Waals surface area contributed by atoms with Crippen molar-refractivity contribution in [1.82, 2.24) is 4.98 Å². The number of carbonyl (C=O) groups is 1. The van der Waals surface area contributed by atoms with E-state index in [1.807, 2.05) is 6.92 Å². The molecule has 1 aliphatic carbocycles. The third-order valence-electron chi connectivity index (χ3n) is 3.71. The summed E-state index contributed by atoms with van der Waals surface area (Å²) in [6, 6.07) is 0. The minimum Gasteiger partial charge on any atom is -0.505 e. The molecule has 0 aromatic carbocycles. The van der Waals surface area contributed by atoms with Crippen molar-refractivity contribution in [3.8, 4) is 5.75 Å². The van der Waals surface area contributed by atoms with Crippen LogP contribution in [0.1, 0.15) is 39.3 Å². The Labute approximate surface area is 115 Å². The topological polar surface area (TPSA) is 59.4 Å². The maximum absolute atomic E-state index is 11.7. The molecule has 0 saturated heterocycles. The fourth-order valence-electron chi connectivity index (χ4n) is 2.79. The molecular formula is C14H15NO3S. The van der Waals surface area contributed by atoms with Crippen molar-refractivity contribution in [2.75, 3.05) is 7.11 Å². The first-order valence-corrected chi connectivity index (χ1v) is 7.17. The number of nitrogens with zero attached hydrogens (tertiary/aromatic N) is 1. The van der Waals surface area contributed by atoms with Crippen LogP contribution in [0.3, 0.4) is 0 Å². The first-order chi connectivity index (χ1) is 9.13. The van der Waals surface area contributed by atoms with Gasteiger partial charge < -0.3 is 9.84 Å². The Morgan fingerprint density at radius 3 is 2.68 bits per heavy atom. The molecule has 19 heavy (non-hydrogen) atoms.